The summed E-state index contributed by atoms with van der Waals surface area (Å²) in [6.07, 6.45) is -2.58. The van der Waals surface area contributed by atoms with Gasteiger partial charge < -0.3 is 15.3 Å². The number of nitrogens with one attached hydrogen (secondary N) is 1. The SMILES string of the molecule is C[C@@H](Cc1ccccc1C(F)(F)F)NC(=O)N1CCC[C@@H](CO)C1. The molecule has 2 amide bonds. The summed E-state index contributed by atoms with van der Waals surface area (Å²) in [6.45, 7) is 2.82. The molecule has 1 heterocycles. The van der Waals surface area contributed by atoms with Crippen molar-refractivity contribution in [3.05, 3.63) is 35.4 Å². The number of carbonyl (C=O) groups is 1. The van der Waals surface area contributed by atoms with Gasteiger partial charge in [-0.1, -0.05) is 18.2 Å². The molecule has 4 nitrogen and oxygen atoms in total. The number of aliphatic hydroxyl groups excluding tert-OH is 1. The molecule has 0 aliphatic carbocycles. The zero-order valence-electron chi connectivity index (χ0n) is 13.6. The van der Waals surface area contributed by atoms with Crippen molar-refractivity contribution in [1.29, 1.82) is 0 Å². The number of benzene rings is 1. The molecule has 0 bridgehead atoms. The lowest BCUT2D eigenvalue weighted by Crippen LogP contribution is -2.49. The number of aliphatic hydroxyl groups is 1. The van der Waals surface area contributed by atoms with Gasteiger partial charge in [-0.3, -0.25) is 0 Å². The van der Waals surface area contributed by atoms with E-state index in [2.05, 4.69) is 5.32 Å². The second-order valence-corrected chi connectivity index (χ2v) is 6.35. The van der Waals surface area contributed by atoms with Crippen LogP contribution in [0.3, 0.4) is 0 Å². The summed E-state index contributed by atoms with van der Waals surface area (Å²) in [7, 11) is 0. The van der Waals surface area contributed by atoms with Crippen LogP contribution in [0.25, 0.3) is 0 Å². The molecule has 134 valence electrons. The minimum Gasteiger partial charge on any atom is -0.396 e. The fraction of sp³-hybridized carbons (Fsp3) is 0.588. The molecule has 1 aliphatic rings. The molecule has 1 aromatic carbocycles. The van der Waals surface area contributed by atoms with Crippen LogP contribution in [0.2, 0.25) is 0 Å². The molecular formula is C17H23F3N2O2. The summed E-state index contributed by atoms with van der Waals surface area (Å²) in [6, 6.07) is 4.71. The first-order chi connectivity index (χ1) is 11.3. The first-order valence-corrected chi connectivity index (χ1v) is 8.12. The molecule has 24 heavy (non-hydrogen) atoms. The van der Waals surface area contributed by atoms with E-state index < -0.39 is 17.8 Å². The predicted octanol–water partition coefficient (Wildman–Crippen LogP) is 3.05. The number of halogens is 3. The van der Waals surface area contributed by atoms with Crippen molar-refractivity contribution in [1.82, 2.24) is 10.2 Å². The maximum absolute atomic E-state index is 13.0. The van der Waals surface area contributed by atoms with Crippen LogP contribution in [0.1, 0.15) is 30.9 Å². The maximum atomic E-state index is 13.0. The van der Waals surface area contributed by atoms with Gasteiger partial charge in [-0.2, -0.15) is 13.2 Å². The van der Waals surface area contributed by atoms with Crippen LogP contribution in [0, 0.1) is 5.92 Å². The molecular weight excluding hydrogens is 321 g/mol. The van der Waals surface area contributed by atoms with E-state index in [9.17, 15) is 23.1 Å². The summed E-state index contributed by atoms with van der Waals surface area (Å²) in [5, 5.41) is 12.0. The van der Waals surface area contributed by atoms with Gasteiger partial charge in [-0.15, -0.1) is 0 Å². The average molecular weight is 344 g/mol. The Labute approximate surface area is 139 Å². The maximum Gasteiger partial charge on any atom is 0.416 e. The summed E-state index contributed by atoms with van der Waals surface area (Å²) < 4.78 is 39.0. The first-order valence-electron chi connectivity index (χ1n) is 8.12. The molecule has 0 saturated carbocycles. The fourth-order valence-corrected chi connectivity index (χ4v) is 3.06. The van der Waals surface area contributed by atoms with Gasteiger partial charge >= 0.3 is 12.2 Å². The summed E-state index contributed by atoms with van der Waals surface area (Å²) in [5.41, 5.74) is -0.492. The highest BCUT2D eigenvalue weighted by Gasteiger charge is 2.33. The van der Waals surface area contributed by atoms with Crippen LogP contribution in [0.15, 0.2) is 24.3 Å². The lowest BCUT2D eigenvalue weighted by molar-refractivity contribution is -0.138. The Bertz CT molecular complexity index is 563. The fourth-order valence-electron chi connectivity index (χ4n) is 3.06. The van der Waals surface area contributed by atoms with Gasteiger partial charge in [-0.25, -0.2) is 4.79 Å². The van der Waals surface area contributed by atoms with Gasteiger partial charge in [-0.05, 0) is 43.7 Å². The van der Waals surface area contributed by atoms with Crippen molar-refractivity contribution in [2.75, 3.05) is 19.7 Å². The zero-order valence-corrected chi connectivity index (χ0v) is 13.6. The summed E-state index contributed by atoms with van der Waals surface area (Å²) >= 11 is 0. The highest BCUT2D eigenvalue weighted by molar-refractivity contribution is 5.74. The molecule has 0 aromatic heterocycles. The smallest absolute Gasteiger partial charge is 0.396 e. The second kappa shape index (κ2) is 7.88. The van der Waals surface area contributed by atoms with Gasteiger partial charge in [0.05, 0.1) is 5.56 Å². The molecule has 1 fully saturated rings. The van der Waals surface area contributed by atoms with E-state index >= 15 is 0 Å². The van der Waals surface area contributed by atoms with E-state index in [0.717, 1.165) is 18.9 Å². The minimum atomic E-state index is -4.40. The zero-order chi connectivity index (χ0) is 17.7. The molecule has 1 aliphatic heterocycles. The quantitative estimate of drug-likeness (QED) is 0.882. The minimum absolute atomic E-state index is 0.0400. The molecule has 2 atom stereocenters. The van der Waals surface area contributed by atoms with E-state index in [-0.39, 0.29) is 30.5 Å². The second-order valence-electron chi connectivity index (χ2n) is 6.35. The Morgan fingerprint density at radius 1 is 1.42 bits per heavy atom. The Morgan fingerprint density at radius 2 is 2.12 bits per heavy atom. The Kier molecular flexibility index (Phi) is 6.10. The molecule has 0 spiro atoms. The van der Waals surface area contributed by atoms with Gasteiger partial charge in [0, 0.05) is 25.7 Å². The number of hydrogen-bond donors (Lipinski definition) is 2. The third kappa shape index (κ3) is 4.87. The predicted molar refractivity (Wildman–Crippen MR) is 84.5 cm³/mol. The topological polar surface area (TPSA) is 52.6 Å². The average Bonchev–Trinajstić information content (AvgIpc) is 2.54. The number of nitrogens with zero attached hydrogens (tertiary/aromatic N) is 1. The van der Waals surface area contributed by atoms with Crippen molar-refractivity contribution >= 4 is 6.03 Å². The Hall–Kier alpha value is -1.76. The standard InChI is InChI=1S/C17H23F3N2O2/c1-12(9-14-6-2-3-7-15(14)17(18,19)20)21-16(24)22-8-4-5-13(10-22)11-23/h2-3,6-7,12-13,23H,4-5,8-11H2,1H3,(H,21,24)/t12-,13+/m0/s1. The normalized spacial score (nSPS) is 19.9. The molecule has 1 aromatic rings. The Balaban J connectivity index is 1.96. The number of amides is 2. The molecule has 0 radical (unpaired) electrons. The van der Waals surface area contributed by atoms with Crippen LogP contribution >= 0.6 is 0 Å². The largest absolute Gasteiger partial charge is 0.416 e. The highest BCUT2D eigenvalue weighted by Crippen LogP contribution is 2.32. The number of hydrogen-bond acceptors (Lipinski definition) is 2. The summed E-state index contributed by atoms with van der Waals surface area (Å²) in [5.74, 6) is 0.0748. The third-order valence-electron chi connectivity index (χ3n) is 4.28. The van der Waals surface area contributed by atoms with Crippen molar-refractivity contribution in [2.45, 2.75) is 38.4 Å². The lowest BCUT2D eigenvalue weighted by atomic mass is 9.99. The van der Waals surface area contributed by atoms with Crippen molar-refractivity contribution in [3.63, 3.8) is 0 Å². The molecule has 1 saturated heterocycles. The van der Waals surface area contributed by atoms with Crippen LogP contribution in [0.5, 0.6) is 0 Å². The van der Waals surface area contributed by atoms with E-state index in [1.165, 1.54) is 12.1 Å². The number of alkyl halides is 3. The van der Waals surface area contributed by atoms with Crippen LogP contribution in [0.4, 0.5) is 18.0 Å². The number of rotatable bonds is 4. The van der Waals surface area contributed by atoms with Crippen LogP contribution < -0.4 is 5.32 Å². The van der Waals surface area contributed by atoms with E-state index in [4.69, 9.17) is 0 Å². The first kappa shape index (κ1) is 18.6. The number of likely N-dealkylation sites (tertiary alicyclic amines) is 1. The van der Waals surface area contributed by atoms with Crippen molar-refractivity contribution < 1.29 is 23.1 Å². The van der Waals surface area contributed by atoms with Crippen molar-refractivity contribution in [2.24, 2.45) is 5.92 Å². The van der Waals surface area contributed by atoms with Crippen molar-refractivity contribution in [3.8, 4) is 0 Å². The van der Waals surface area contributed by atoms with E-state index in [1.54, 1.807) is 17.9 Å². The number of urea groups is 1. The molecule has 7 heteroatoms. The molecule has 0 unspecified atom stereocenters. The van der Waals surface area contributed by atoms with E-state index in [0.29, 0.717) is 13.1 Å². The van der Waals surface area contributed by atoms with E-state index in [1.807, 2.05) is 0 Å². The molecule has 2 N–H and O–H groups in total. The van der Waals surface area contributed by atoms with Gasteiger partial charge in [0.25, 0.3) is 0 Å². The Morgan fingerprint density at radius 3 is 2.79 bits per heavy atom. The molecule has 2 rings (SSSR count). The monoisotopic (exact) mass is 344 g/mol. The van der Waals surface area contributed by atoms with Gasteiger partial charge in [0.1, 0.15) is 0 Å². The van der Waals surface area contributed by atoms with Crippen LogP contribution in [-0.4, -0.2) is 41.8 Å². The number of piperidine rings is 1. The summed E-state index contributed by atoms with van der Waals surface area (Å²) in [4.78, 5) is 13.9. The van der Waals surface area contributed by atoms with Gasteiger partial charge in [0.2, 0.25) is 0 Å². The third-order valence-corrected chi connectivity index (χ3v) is 4.28. The van der Waals surface area contributed by atoms with Gasteiger partial charge in [0.15, 0.2) is 0 Å². The van der Waals surface area contributed by atoms with Crippen LogP contribution in [-0.2, 0) is 12.6 Å². The highest BCUT2D eigenvalue weighted by atomic mass is 19.4. The number of carbonyl (C=O) groups excluding carboxylic acids is 1. The lowest BCUT2D eigenvalue weighted by Gasteiger charge is -2.32.